The third kappa shape index (κ3) is 1.89. The van der Waals surface area contributed by atoms with Crippen molar-refractivity contribution in [3.63, 3.8) is 0 Å². The summed E-state index contributed by atoms with van der Waals surface area (Å²) in [7, 11) is 0. The van der Waals surface area contributed by atoms with Gasteiger partial charge in [-0.3, -0.25) is 4.79 Å². The van der Waals surface area contributed by atoms with Crippen molar-refractivity contribution in [3.05, 3.63) is 65.2 Å². The molecule has 2 nitrogen and oxygen atoms in total. The zero-order valence-electron chi connectivity index (χ0n) is 10.1. The van der Waals surface area contributed by atoms with Gasteiger partial charge < -0.3 is 4.90 Å². The van der Waals surface area contributed by atoms with Crippen LogP contribution in [-0.4, -0.2) is 12.5 Å². The van der Waals surface area contributed by atoms with E-state index in [9.17, 15) is 13.6 Å². The Labute approximate surface area is 109 Å². The first kappa shape index (κ1) is 11.8. The molecule has 0 unspecified atom stereocenters. The summed E-state index contributed by atoms with van der Waals surface area (Å²) in [6.45, 7) is 0.494. The fourth-order valence-corrected chi connectivity index (χ4v) is 2.36. The lowest BCUT2D eigenvalue weighted by molar-refractivity contribution is 0.0984. The molecule has 1 aliphatic heterocycles. The van der Waals surface area contributed by atoms with Crippen molar-refractivity contribution in [1.29, 1.82) is 0 Å². The summed E-state index contributed by atoms with van der Waals surface area (Å²) in [6, 6.07) is 11.1. The van der Waals surface area contributed by atoms with Gasteiger partial charge in [-0.2, -0.15) is 0 Å². The topological polar surface area (TPSA) is 20.3 Å². The van der Waals surface area contributed by atoms with Crippen molar-refractivity contribution in [2.45, 2.75) is 6.42 Å². The molecular formula is C15H11F2NO. The Kier molecular flexibility index (Phi) is 2.78. The van der Waals surface area contributed by atoms with E-state index in [1.165, 1.54) is 17.0 Å². The molecule has 0 atom stereocenters. The lowest BCUT2D eigenvalue weighted by atomic mass is 10.1. The lowest BCUT2D eigenvalue weighted by Gasteiger charge is -2.17. The van der Waals surface area contributed by atoms with Gasteiger partial charge in [-0.1, -0.05) is 24.3 Å². The van der Waals surface area contributed by atoms with Gasteiger partial charge in [0.2, 0.25) is 0 Å². The van der Waals surface area contributed by atoms with Crippen molar-refractivity contribution < 1.29 is 13.6 Å². The molecule has 0 N–H and O–H groups in total. The largest absolute Gasteiger partial charge is 0.308 e. The van der Waals surface area contributed by atoms with Crippen molar-refractivity contribution in [3.8, 4) is 0 Å². The minimum Gasteiger partial charge on any atom is -0.308 e. The van der Waals surface area contributed by atoms with Gasteiger partial charge in [0.25, 0.3) is 5.91 Å². The summed E-state index contributed by atoms with van der Waals surface area (Å²) in [5.41, 5.74) is 1.60. The standard InChI is InChI=1S/C15H11F2NO/c16-12-6-3-5-11(14(12)17)15(19)18-9-8-10-4-1-2-7-13(10)18/h1-7H,8-9H2. The zero-order valence-corrected chi connectivity index (χ0v) is 10.1. The number of halogens is 2. The summed E-state index contributed by atoms with van der Waals surface area (Å²) in [6.07, 6.45) is 0.735. The molecule has 1 aliphatic rings. The number of para-hydroxylation sites is 1. The van der Waals surface area contributed by atoms with Gasteiger partial charge in [-0.05, 0) is 30.2 Å². The Morgan fingerprint density at radius 2 is 1.84 bits per heavy atom. The molecule has 0 radical (unpaired) electrons. The first-order valence-electron chi connectivity index (χ1n) is 6.02. The minimum absolute atomic E-state index is 0.225. The van der Waals surface area contributed by atoms with Crippen LogP contribution in [-0.2, 0) is 6.42 Å². The summed E-state index contributed by atoms with van der Waals surface area (Å²) in [5.74, 6) is -2.59. The molecule has 0 fully saturated rings. The molecule has 2 aromatic rings. The second-order valence-corrected chi connectivity index (χ2v) is 4.44. The molecule has 3 rings (SSSR count). The van der Waals surface area contributed by atoms with Gasteiger partial charge in [0.15, 0.2) is 11.6 Å². The quantitative estimate of drug-likeness (QED) is 0.770. The highest BCUT2D eigenvalue weighted by Crippen LogP contribution is 2.29. The van der Waals surface area contributed by atoms with E-state index in [1.807, 2.05) is 24.3 Å². The van der Waals surface area contributed by atoms with Gasteiger partial charge in [-0.15, -0.1) is 0 Å². The van der Waals surface area contributed by atoms with Crippen LogP contribution in [0.2, 0.25) is 0 Å². The minimum atomic E-state index is -1.09. The van der Waals surface area contributed by atoms with Crippen LogP contribution in [0.15, 0.2) is 42.5 Å². The molecule has 0 bridgehead atoms. The van der Waals surface area contributed by atoms with Crippen molar-refractivity contribution in [2.75, 3.05) is 11.4 Å². The number of carbonyl (C=O) groups excluding carboxylic acids is 1. The second-order valence-electron chi connectivity index (χ2n) is 4.44. The SMILES string of the molecule is O=C(c1cccc(F)c1F)N1CCc2ccccc21. The third-order valence-electron chi connectivity index (χ3n) is 3.31. The molecule has 4 heteroatoms. The fraction of sp³-hybridized carbons (Fsp3) is 0.133. The smallest absolute Gasteiger partial charge is 0.261 e. The summed E-state index contributed by atoms with van der Waals surface area (Å²) >= 11 is 0. The lowest BCUT2D eigenvalue weighted by Crippen LogP contribution is -2.29. The number of anilines is 1. The van der Waals surface area contributed by atoms with Crippen molar-refractivity contribution >= 4 is 11.6 Å². The molecular weight excluding hydrogens is 248 g/mol. The molecule has 0 aromatic heterocycles. The highest BCUT2D eigenvalue weighted by atomic mass is 19.2. The number of fused-ring (bicyclic) bond motifs is 1. The zero-order chi connectivity index (χ0) is 13.4. The molecule has 2 aromatic carbocycles. The van der Waals surface area contributed by atoms with E-state index in [2.05, 4.69) is 0 Å². The average Bonchev–Trinajstić information content (AvgIpc) is 2.85. The van der Waals surface area contributed by atoms with E-state index >= 15 is 0 Å². The summed E-state index contributed by atoms with van der Waals surface area (Å²) in [4.78, 5) is 13.8. The maximum absolute atomic E-state index is 13.7. The average molecular weight is 259 g/mol. The predicted octanol–water partition coefficient (Wildman–Crippen LogP) is 3.17. The van der Waals surface area contributed by atoms with Crippen LogP contribution in [0.4, 0.5) is 14.5 Å². The van der Waals surface area contributed by atoms with E-state index in [4.69, 9.17) is 0 Å². The molecule has 0 spiro atoms. The van der Waals surface area contributed by atoms with Crippen LogP contribution in [0.3, 0.4) is 0 Å². The van der Waals surface area contributed by atoms with Gasteiger partial charge in [0.1, 0.15) is 0 Å². The second kappa shape index (κ2) is 4.46. The number of amides is 1. The number of nitrogens with zero attached hydrogens (tertiary/aromatic N) is 1. The van der Waals surface area contributed by atoms with E-state index in [1.54, 1.807) is 0 Å². The predicted molar refractivity (Wildman–Crippen MR) is 68.2 cm³/mol. The van der Waals surface area contributed by atoms with Crippen LogP contribution in [0, 0.1) is 11.6 Å². The molecule has 1 amide bonds. The highest BCUT2D eigenvalue weighted by Gasteiger charge is 2.27. The van der Waals surface area contributed by atoms with E-state index in [-0.39, 0.29) is 5.56 Å². The number of hydrogen-bond donors (Lipinski definition) is 0. The van der Waals surface area contributed by atoms with Gasteiger partial charge >= 0.3 is 0 Å². The Morgan fingerprint density at radius 1 is 1.05 bits per heavy atom. The Balaban J connectivity index is 2.00. The molecule has 19 heavy (non-hydrogen) atoms. The van der Waals surface area contributed by atoms with Crippen molar-refractivity contribution in [2.24, 2.45) is 0 Å². The van der Waals surface area contributed by atoms with Crippen LogP contribution < -0.4 is 4.90 Å². The number of hydrogen-bond acceptors (Lipinski definition) is 1. The monoisotopic (exact) mass is 259 g/mol. The van der Waals surface area contributed by atoms with Gasteiger partial charge in [0.05, 0.1) is 5.56 Å². The van der Waals surface area contributed by atoms with Crippen LogP contribution in [0.1, 0.15) is 15.9 Å². The van der Waals surface area contributed by atoms with Crippen LogP contribution in [0.5, 0.6) is 0 Å². The number of rotatable bonds is 1. The Bertz CT molecular complexity index is 654. The van der Waals surface area contributed by atoms with Crippen LogP contribution >= 0.6 is 0 Å². The number of benzene rings is 2. The maximum Gasteiger partial charge on any atom is 0.261 e. The first-order chi connectivity index (χ1) is 9.18. The molecule has 0 aliphatic carbocycles. The Morgan fingerprint density at radius 3 is 2.68 bits per heavy atom. The molecule has 1 heterocycles. The van der Waals surface area contributed by atoms with Crippen LogP contribution in [0.25, 0.3) is 0 Å². The van der Waals surface area contributed by atoms with E-state index in [0.29, 0.717) is 6.54 Å². The van der Waals surface area contributed by atoms with E-state index < -0.39 is 17.5 Å². The highest BCUT2D eigenvalue weighted by molar-refractivity contribution is 6.07. The van der Waals surface area contributed by atoms with Crippen molar-refractivity contribution in [1.82, 2.24) is 0 Å². The maximum atomic E-state index is 13.7. The number of carbonyl (C=O) groups is 1. The van der Waals surface area contributed by atoms with Gasteiger partial charge in [0, 0.05) is 12.2 Å². The molecule has 96 valence electrons. The third-order valence-corrected chi connectivity index (χ3v) is 3.31. The first-order valence-corrected chi connectivity index (χ1v) is 6.02. The van der Waals surface area contributed by atoms with Gasteiger partial charge in [-0.25, -0.2) is 8.78 Å². The summed E-state index contributed by atoms with van der Waals surface area (Å²) in [5, 5.41) is 0. The molecule has 0 saturated heterocycles. The normalized spacial score (nSPS) is 13.5. The molecule has 0 saturated carbocycles. The fourth-order valence-electron chi connectivity index (χ4n) is 2.36. The van der Waals surface area contributed by atoms with E-state index in [0.717, 1.165) is 23.7 Å². The summed E-state index contributed by atoms with van der Waals surface area (Å²) < 4.78 is 26.8. The Hall–Kier alpha value is -2.23.